The maximum atomic E-state index is 12.8. The van der Waals surface area contributed by atoms with Crippen LogP contribution in [0.5, 0.6) is 0 Å². The van der Waals surface area contributed by atoms with Crippen molar-refractivity contribution in [1.82, 2.24) is 14.7 Å². The second-order valence-corrected chi connectivity index (χ2v) is 6.89. The van der Waals surface area contributed by atoms with Gasteiger partial charge < -0.3 is 5.32 Å². The minimum absolute atomic E-state index is 0.297. The van der Waals surface area contributed by atoms with Crippen LogP contribution in [0.3, 0.4) is 0 Å². The molecule has 29 heavy (non-hydrogen) atoms. The SMILES string of the molecule is CCc1c(C(=O)Nc2ccc3c(c2)C(=O)N(C)C3=O)cnn1Cc1ccccc1. The van der Waals surface area contributed by atoms with E-state index in [1.54, 1.807) is 18.3 Å². The van der Waals surface area contributed by atoms with Gasteiger partial charge in [-0.2, -0.15) is 5.10 Å². The molecule has 3 aromatic rings. The molecule has 7 nitrogen and oxygen atoms in total. The molecule has 7 heteroatoms. The van der Waals surface area contributed by atoms with Crippen molar-refractivity contribution in [2.45, 2.75) is 19.9 Å². The number of hydrogen-bond donors (Lipinski definition) is 1. The van der Waals surface area contributed by atoms with Gasteiger partial charge in [0, 0.05) is 12.7 Å². The predicted molar refractivity (Wildman–Crippen MR) is 108 cm³/mol. The van der Waals surface area contributed by atoms with Gasteiger partial charge in [-0.05, 0) is 30.2 Å². The van der Waals surface area contributed by atoms with Crippen LogP contribution in [0.1, 0.15) is 49.3 Å². The van der Waals surface area contributed by atoms with Gasteiger partial charge in [-0.1, -0.05) is 37.3 Å². The van der Waals surface area contributed by atoms with E-state index in [9.17, 15) is 14.4 Å². The summed E-state index contributed by atoms with van der Waals surface area (Å²) in [4.78, 5) is 38.1. The fraction of sp³-hybridized carbons (Fsp3) is 0.182. The van der Waals surface area contributed by atoms with Crippen LogP contribution in [-0.2, 0) is 13.0 Å². The van der Waals surface area contributed by atoms with E-state index in [4.69, 9.17) is 0 Å². The van der Waals surface area contributed by atoms with Crippen LogP contribution >= 0.6 is 0 Å². The zero-order valence-corrected chi connectivity index (χ0v) is 16.2. The molecule has 0 spiro atoms. The van der Waals surface area contributed by atoms with E-state index >= 15 is 0 Å². The normalized spacial score (nSPS) is 13.0. The van der Waals surface area contributed by atoms with Crippen LogP contribution in [0.2, 0.25) is 0 Å². The zero-order valence-electron chi connectivity index (χ0n) is 16.2. The first-order chi connectivity index (χ1) is 14.0. The van der Waals surface area contributed by atoms with Crippen LogP contribution in [0.25, 0.3) is 0 Å². The highest BCUT2D eigenvalue weighted by Gasteiger charge is 2.32. The Balaban J connectivity index is 1.57. The summed E-state index contributed by atoms with van der Waals surface area (Å²) in [5, 5.41) is 7.20. The van der Waals surface area contributed by atoms with Crippen molar-refractivity contribution in [1.29, 1.82) is 0 Å². The van der Waals surface area contributed by atoms with E-state index in [1.165, 1.54) is 13.1 Å². The molecule has 0 aliphatic carbocycles. The minimum Gasteiger partial charge on any atom is -0.322 e. The first kappa shape index (κ1) is 18.6. The largest absolute Gasteiger partial charge is 0.322 e. The number of aromatic nitrogens is 2. The fourth-order valence-corrected chi connectivity index (χ4v) is 3.50. The van der Waals surface area contributed by atoms with Crippen molar-refractivity contribution in [2.24, 2.45) is 0 Å². The number of nitrogens with one attached hydrogen (secondary N) is 1. The lowest BCUT2D eigenvalue weighted by Crippen LogP contribution is -2.24. The second kappa shape index (κ2) is 7.35. The third kappa shape index (κ3) is 3.31. The molecule has 0 radical (unpaired) electrons. The Hall–Kier alpha value is -3.74. The molecule has 0 unspecified atom stereocenters. The minimum atomic E-state index is -0.369. The molecule has 0 saturated heterocycles. The molecule has 1 aliphatic heterocycles. The Kier molecular flexibility index (Phi) is 4.72. The Labute approximate surface area is 167 Å². The quantitative estimate of drug-likeness (QED) is 0.681. The lowest BCUT2D eigenvalue weighted by atomic mass is 10.1. The van der Waals surface area contributed by atoms with E-state index < -0.39 is 0 Å². The van der Waals surface area contributed by atoms with Gasteiger partial charge in [0.25, 0.3) is 17.7 Å². The van der Waals surface area contributed by atoms with Crippen LogP contribution < -0.4 is 5.32 Å². The van der Waals surface area contributed by atoms with E-state index in [2.05, 4.69) is 10.4 Å². The Morgan fingerprint density at radius 3 is 2.48 bits per heavy atom. The molecule has 0 fully saturated rings. The smallest absolute Gasteiger partial charge is 0.261 e. The standard InChI is InChI=1S/C22H20N4O3/c1-3-19-18(12-23-26(19)13-14-7-5-4-6-8-14)20(27)24-15-9-10-16-17(11-15)22(29)25(2)21(16)28/h4-12H,3,13H2,1-2H3,(H,24,27). The topological polar surface area (TPSA) is 84.3 Å². The van der Waals surface area contributed by atoms with Crippen LogP contribution in [0.15, 0.2) is 54.7 Å². The maximum absolute atomic E-state index is 12.8. The van der Waals surface area contributed by atoms with Crippen LogP contribution in [-0.4, -0.2) is 39.4 Å². The first-order valence-corrected chi connectivity index (χ1v) is 9.36. The van der Waals surface area contributed by atoms with Gasteiger partial charge in [0.15, 0.2) is 0 Å². The Morgan fingerprint density at radius 1 is 1.03 bits per heavy atom. The molecule has 0 saturated carbocycles. The average molecular weight is 388 g/mol. The summed E-state index contributed by atoms with van der Waals surface area (Å²) in [7, 11) is 1.44. The van der Waals surface area contributed by atoms with Gasteiger partial charge in [-0.3, -0.25) is 24.0 Å². The third-order valence-electron chi connectivity index (χ3n) is 5.05. The molecule has 2 aromatic carbocycles. The van der Waals surface area contributed by atoms with Crippen molar-refractivity contribution < 1.29 is 14.4 Å². The molecule has 0 bridgehead atoms. The number of amides is 3. The first-order valence-electron chi connectivity index (χ1n) is 9.36. The van der Waals surface area contributed by atoms with Crippen molar-refractivity contribution in [3.8, 4) is 0 Å². The number of rotatable bonds is 5. The molecular formula is C22H20N4O3. The molecule has 1 aromatic heterocycles. The molecule has 0 atom stereocenters. The lowest BCUT2D eigenvalue weighted by Gasteiger charge is -2.09. The van der Waals surface area contributed by atoms with Gasteiger partial charge in [0.2, 0.25) is 0 Å². The maximum Gasteiger partial charge on any atom is 0.261 e. The molecule has 4 rings (SSSR count). The van der Waals surface area contributed by atoms with Gasteiger partial charge in [-0.15, -0.1) is 0 Å². The summed E-state index contributed by atoms with van der Waals surface area (Å²) in [6.45, 7) is 2.56. The highest BCUT2D eigenvalue weighted by atomic mass is 16.2. The molecular weight excluding hydrogens is 368 g/mol. The number of carbonyl (C=O) groups is 3. The van der Waals surface area contributed by atoms with Gasteiger partial charge in [0.1, 0.15) is 0 Å². The number of hydrogen-bond acceptors (Lipinski definition) is 4. The van der Waals surface area contributed by atoms with E-state index in [0.29, 0.717) is 35.3 Å². The summed E-state index contributed by atoms with van der Waals surface area (Å²) < 4.78 is 1.82. The van der Waals surface area contributed by atoms with Gasteiger partial charge in [-0.25, -0.2) is 0 Å². The highest BCUT2D eigenvalue weighted by molar-refractivity contribution is 6.21. The number of carbonyl (C=O) groups excluding carboxylic acids is 3. The van der Waals surface area contributed by atoms with Crippen molar-refractivity contribution in [2.75, 3.05) is 12.4 Å². The van der Waals surface area contributed by atoms with Crippen molar-refractivity contribution in [3.05, 3.63) is 82.7 Å². The summed E-state index contributed by atoms with van der Waals surface area (Å²) in [6, 6.07) is 14.7. The molecule has 1 aliphatic rings. The van der Waals surface area contributed by atoms with Gasteiger partial charge in [0.05, 0.1) is 35.1 Å². The zero-order chi connectivity index (χ0) is 20.5. The summed E-state index contributed by atoms with van der Waals surface area (Å²) in [6.07, 6.45) is 2.21. The summed E-state index contributed by atoms with van der Waals surface area (Å²) in [5.41, 5.74) is 3.53. The monoisotopic (exact) mass is 388 g/mol. The van der Waals surface area contributed by atoms with Crippen molar-refractivity contribution >= 4 is 23.4 Å². The second-order valence-electron chi connectivity index (χ2n) is 6.89. The Morgan fingerprint density at radius 2 is 1.76 bits per heavy atom. The van der Waals surface area contributed by atoms with E-state index in [0.717, 1.165) is 16.2 Å². The Bertz CT molecular complexity index is 1120. The van der Waals surface area contributed by atoms with E-state index in [1.807, 2.05) is 41.9 Å². The number of anilines is 1. The average Bonchev–Trinajstić information content (AvgIpc) is 3.23. The molecule has 1 N–H and O–H groups in total. The van der Waals surface area contributed by atoms with Crippen LogP contribution in [0, 0.1) is 0 Å². The van der Waals surface area contributed by atoms with E-state index in [-0.39, 0.29) is 17.7 Å². The third-order valence-corrected chi connectivity index (χ3v) is 5.05. The predicted octanol–water partition coefficient (Wildman–Crippen LogP) is 2.97. The molecule has 146 valence electrons. The molecule has 3 amide bonds. The van der Waals surface area contributed by atoms with Gasteiger partial charge >= 0.3 is 0 Å². The number of fused-ring (bicyclic) bond motifs is 1. The van der Waals surface area contributed by atoms with Crippen molar-refractivity contribution in [3.63, 3.8) is 0 Å². The molecule has 2 heterocycles. The summed E-state index contributed by atoms with van der Waals surface area (Å²) >= 11 is 0. The highest BCUT2D eigenvalue weighted by Crippen LogP contribution is 2.25. The summed E-state index contributed by atoms with van der Waals surface area (Å²) in [5.74, 6) is -1.00. The number of nitrogens with zero attached hydrogens (tertiary/aromatic N) is 3. The lowest BCUT2D eigenvalue weighted by molar-refractivity contribution is 0.0692. The number of benzene rings is 2. The fourth-order valence-electron chi connectivity index (χ4n) is 3.50. The van der Waals surface area contributed by atoms with Crippen LogP contribution in [0.4, 0.5) is 5.69 Å². The number of imide groups is 1.